The number of aromatic nitrogens is 3. The van der Waals surface area contributed by atoms with Crippen molar-refractivity contribution < 1.29 is 4.79 Å². The molecule has 13 heavy (non-hydrogen) atoms. The second kappa shape index (κ2) is 2.80. The highest BCUT2D eigenvalue weighted by Crippen LogP contribution is 2.22. The predicted molar refractivity (Wildman–Crippen MR) is 48.0 cm³/mol. The summed E-state index contributed by atoms with van der Waals surface area (Å²) in [4.78, 5) is 11.4. The van der Waals surface area contributed by atoms with Gasteiger partial charge in [0.2, 0.25) is 0 Å². The molecule has 0 atom stereocenters. The quantitative estimate of drug-likeness (QED) is 0.639. The summed E-state index contributed by atoms with van der Waals surface area (Å²) in [6.45, 7) is 1.87. The van der Waals surface area contributed by atoms with Crippen molar-refractivity contribution in [1.29, 1.82) is 0 Å². The van der Waals surface area contributed by atoms with E-state index in [9.17, 15) is 4.79 Å². The summed E-state index contributed by atoms with van der Waals surface area (Å²) in [6.07, 6.45) is 3.38. The fourth-order valence-electron chi connectivity index (χ4n) is 1.45. The lowest BCUT2D eigenvalue weighted by molar-refractivity contribution is -0.113. The van der Waals surface area contributed by atoms with E-state index in [1.165, 1.54) is 0 Å². The van der Waals surface area contributed by atoms with Gasteiger partial charge in [0.05, 0.1) is 5.57 Å². The molecule has 0 aliphatic heterocycles. The van der Waals surface area contributed by atoms with Crippen molar-refractivity contribution in [1.82, 2.24) is 14.8 Å². The van der Waals surface area contributed by atoms with Crippen molar-refractivity contribution >= 4 is 11.4 Å². The van der Waals surface area contributed by atoms with E-state index in [0.717, 1.165) is 17.8 Å². The summed E-state index contributed by atoms with van der Waals surface area (Å²) in [7, 11) is 1.87. The highest BCUT2D eigenvalue weighted by molar-refractivity contribution is 6.21. The first-order chi connectivity index (χ1) is 6.20. The number of aryl methyl sites for hydroxylation is 1. The zero-order valence-corrected chi connectivity index (χ0v) is 7.74. The standard InChI is InChI=1S/C9H11N3O/c1-6-10-11-9(12(6)2)7-4-3-5-8(7)13/h4H,3,5H2,1-2H3. The summed E-state index contributed by atoms with van der Waals surface area (Å²) in [5.74, 6) is 1.70. The molecule has 0 aromatic carbocycles. The number of rotatable bonds is 1. The van der Waals surface area contributed by atoms with E-state index in [-0.39, 0.29) is 5.78 Å². The third-order valence-corrected chi connectivity index (χ3v) is 2.35. The molecule has 0 saturated heterocycles. The van der Waals surface area contributed by atoms with E-state index in [1.54, 1.807) is 0 Å². The Bertz CT molecular complexity index is 390. The predicted octanol–water partition coefficient (Wildman–Crippen LogP) is 0.870. The van der Waals surface area contributed by atoms with Crippen LogP contribution in [0.5, 0.6) is 0 Å². The molecule has 1 aromatic rings. The molecule has 4 nitrogen and oxygen atoms in total. The molecule has 4 heteroatoms. The van der Waals surface area contributed by atoms with Gasteiger partial charge in [-0.3, -0.25) is 4.79 Å². The van der Waals surface area contributed by atoms with Gasteiger partial charge in [0.1, 0.15) is 5.82 Å². The van der Waals surface area contributed by atoms with Gasteiger partial charge in [-0.15, -0.1) is 10.2 Å². The molecular formula is C9H11N3O. The average molecular weight is 177 g/mol. The maximum absolute atomic E-state index is 11.4. The fraction of sp³-hybridized carbons (Fsp3) is 0.444. The van der Waals surface area contributed by atoms with Gasteiger partial charge < -0.3 is 4.57 Å². The Hall–Kier alpha value is -1.45. The first-order valence-electron chi connectivity index (χ1n) is 4.30. The average Bonchev–Trinajstić information content (AvgIpc) is 2.62. The first-order valence-corrected chi connectivity index (χ1v) is 4.30. The lowest BCUT2D eigenvalue weighted by Gasteiger charge is -2.00. The van der Waals surface area contributed by atoms with Crippen LogP contribution in [0.15, 0.2) is 6.08 Å². The van der Waals surface area contributed by atoms with Crippen LogP contribution >= 0.6 is 0 Å². The summed E-state index contributed by atoms with van der Waals surface area (Å²) in [5.41, 5.74) is 0.725. The number of hydrogen-bond donors (Lipinski definition) is 0. The molecule has 0 saturated carbocycles. The van der Waals surface area contributed by atoms with Gasteiger partial charge in [0.25, 0.3) is 0 Å². The van der Waals surface area contributed by atoms with Crippen molar-refractivity contribution in [3.8, 4) is 0 Å². The van der Waals surface area contributed by atoms with Crippen molar-refractivity contribution in [3.05, 3.63) is 17.7 Å². The van der Waals surface area contributed by atoms with Crippen LogP contribution in [0, 0.1) is 6.92 Å². The zero-order chi connectivity index (χ0) is 9.42. The van der Waals surface area contributed by atoms with Crippen LogP contribution in [-0.2, 0) is 11.8 Å². The number of Topliss-reactive ketones (excluding diaryl/α,β-unsaturated/α-hetero) is 1. The number of allylic oxidation sites excluding steroid dienone is 2. The molecule has 0 bridgehead atoms. The maximum atomic E-state index is 11.4. The van der Waals surface area contributed by atoms with Crippen LogP contribution < -0.4 is 0 Å². The van der Waals surface area contributed by atoms with Gasteiger partial charge in [0, 0.05) is 13.5 Å². The van der Waals surface area contributed by atoms with E-state index >= 15 is 0 Å². The van der Waals surface area contributed by atoms with Crippen LogP contribution in [0.3, 0.4) is 0 Å². The first kappa shape index (κ1) is 8.16. The number of carbonyl (C=O) groups excluding carboxylic acids is 1. The Kier molecular flexibility index (Phi) is 1.76. The topological polar surface area (TPSA) is 47.8 Å². The van der Waals surface area contributed by atoms with E-state index in [2.05, 4.69) is 10.2 Å². The molecule has 0 radical (unpaired) electrons. The highest BCUT2D eigenvalue weighted by Gasteiger charge is 2.21. The van der Waals surface area contributed by atoms with E-state index in [1.807, 2.05) is 24.6 Å². The largest absolute Gasteiger partial charge is 0.314 e. The van der Waals surface area contributed by atoms with Crippen LogP contribution in [0.25, 0.3) is 5.57 Å². The number of hydrogen-bond acceptors (Lipinski definition) is 3. The minimum absolute atomic E-state index is 0.176. The van der Waals surface area contributed by atoms with Crippen molar-refractivity contribution in [2.24, 2.45) is 7.05 Å². The second-order valence-corrected chi connectivity index (χ2v) is 3.21. The fourth-order valence-corrected chi connectivity index (χ4v) is 1.45. The Balaban J connectivity index is 2.46. The molecule has 1 heterocycles. The minimum Gasteiger partial charge on any atom is -0.314 e. The minimum atomic E-state index is 0.176. The van der Waals surface area contributed by atoms with Gasteiger partial charge in [-0.1, -0.05) is 6.08 Å². The van der Waals surface area contributed by atoms with E-state index in [4.69, 9.17) is 0 Å². The van der Waals surface area contributed by atoms with Crippen LogP contribution in [-0.4, -0.2) is 20.5 Å². The van der Waals surface area contributed by atoms with Crippen LogP contribution in [0.1, 0.15) is 24.5 Å². The summed E-state index contributed by atoms with van der Waals surface area (Å²) in [6, 6.07) is 0. The SMILES string of the molecule is Cc1nnc(C2=CCCC2=O)n1C. The Morgan fingerprint density at radius 1 is 1.46 bits per heavy atom. The monoisotopic (exact) mass is 177 g/mol. The lowest BCUT2D eigenvalue weighted by Crippen LogP contribution is -2.03. The third-order valence-electron chi connectivity index (χ3n) is 2.35. The third kappa shape index (κ3) is 1.18. The van der Waals surface area contributed by atoms with E-state index in [0.29, 0.717) is 12.2 Å². The molecule has 0 spiro atoms. The van der Waals surface area contributed by atoms with Gasteiger partial charge in [-0.25, -0.2) is 0 Å². The Labute approximate surface area is 76.3 Å². The number of carbonyl (C=O) groups is 1. The zero-order valence-electron chi connectivity index (χ0n) is 7.74. The van der Waals surface area contributed by atoms with Crippen molar-refractivity contribution in [2.75, 3.05) is 0 Å². The molecule has 0 fully saturated rings. The molecule has 0 amide bonds. The van der Waals surface area contributed by atoms with Gasteiger partial charge >= 0.3 is 0 Å². The molecule has 0 unspecified atom stereocenters. The second-order valence-electron chi connectivity index (χ2n) is 3.21. The van der Waals surface area contributed by atoms with Crippen LogP contribution in [0.4, 0.5) is 0 Å². The normalized spacial score (nSPS) is 16.5. The van der Waals surface area contributed by atoms with Gasteiger partial charge in [0.15, 0.2) is 11.6 Å². The molecule has 2 rings (SSSR count). The van der Waals surface area contributed by atoms with E-state index < -0.39 is 0 Å². The molecular weight excluding hydrogens is 166 g/mol. The summed E-state index contributed by atoms with van der Waals surface area (Å²) < 4.78 is 1.84. The smallest absolute Gasteiger partial charge is 0.166 e. The molecule has 68 valence electrons. The number of nitrogens with zero attached hydrogens (tertiary/aromatic N) is 3. The number of ketones is 1. The maximum Gasteiger partial charge on any atom is 0.166 e. The van der Waals surface area contributed by atoms with Gasteiger partial charge in [-0.2, -0.15) is 0 Å². The highest BCUT2D eigenvalue weighted by atomic mass is 16.1. The van der Waals surface area contributed by atoms with Crippen molar-refractivity contribution in [3.63, 3.8) is 0 Å². The Morgan fingerprint density at radius 2 is 2.23 bits per heavy atom. The van der Waals surface area contributed by atoms with Crippen molar-refractivity contribution in [2.45, 2.75) is 19.8 Å². The van der Waals surface area contributed by atoms with Gasteiger partial charge in [-0.05, 0) is 13.3 Å². The molecule has 0 N–H and O–H groups in total. The van der Waals surface area contributed by atoms with Crippen LogP contribution in [0.2, 0.25) is 0 Å². The Morgan fingerprint density at radius 3 is 2.69 bits per heavy atom. The molecule has 1 aliphatic carbocycles. The molecule has 1 aromatic heterocycles. The molecule has 1 aliphatic rings. The summed E-state index contributed by atoms with van der Waals surface area (Å²) in [5, 5.41) is 7.89. The lowest BCUT2D eigenvalue weighted by atomic mass is 10.2. The summed E-state index contributed by atoms with van der Waals surface area (Å²) >= 11 is 0.